The number of carbonyl (C=O) groups excluding carboxylic acids is 1. The van der Waals surface area contributed by atoms with E-state index >= 15 is 0 Å². The highest BCUT2D eigenvalue weighted by Gasteiger charge is 2.41. The van der Waals surface area contributed by atoms with E-state index in [1.54, 1.807) is 0 Å². The number of hydrogen-bond acceptors (Lipinski definition) is 2. The summed E-state index contributed by atoms with van der Waals surface area (Å²) in [6.45, 7) is 6.18. The molecule has 0 heterocycles. The van der Waals surface area contributed by atoms with Crippen molar-refractivity contribution in [2.75, 3.05) is 13.1 Å². The number of hydrogen-bond donors (Lipinski definition) is 1. The number of amides is 1. The van der Waals surface area contributed by atoms with Crippen molar-refractivity contribution in [3.8, 4) is 0 Å². The van der Waals surface area contributed by atoms with Gasteiger partial charge in [-0.25, -0.2) is 0 Å². The summed E-state index contributed by atoms with van der Waals surface area (Å²) in [5.41, 5.74) is 5.86. The molecule has 0 saturated heterocycles. The Morgan fingerprint density at radius 1 is 1.39 bits per heavy atom. The zero-order valence-corrected chi connectivity index (χ0v) is 12.0. The molecule has 2 unspecified atom stereocenters. The molecule has 2 N–H and O–H groups in total. The molecule has 2 saturated carbocycles. The maximum Gasteiger partial charge on any atom is 0.242 e. The topological polar surface area (TPSA) is 46.3 Å². The van der Waals surface area contributed by atoms with E-state index in [0.717, 1.165) is 44.7 Å². The van der Waals surface area contributed by atoms with Gasteiger partial charge in [0.15, 0.2) is 0 Å². The zero-order chi connectivity index (χ0) is 13.2. The summed E-state index contributed by atoms with van der Waals surface area (Å²) in [6.07, 6.45) is 7.69. The van der Waals surface area contributed by atoms with Crippen molar-refractivity contribution in [1.82, 2.24) is 4.90 Å². The molecule has 0 radical (unpaired) electrons. The van der Waals surface area contributed by atoms with Crippen LogP contribution in [0.2, 0.25) is 0 Å². The van der Waals surface area contributed by atoms with Crippen molar-refractivity contribution < 1.29 is 4.79 Å². The number of rotatable bonds is 5. The van der Waals surface area contributed by atoms with Crippen LogP contribution in [0, 0.1) is 11.8 Å². The van der Waals surface area contributed by atoms with E-state index in [4.69, 9.17) is 5.73 Å². The summed E-state index contributed by atoms with van der Waals surface area (Å²) in [5, 5.41) is 0. The van der Waals surface area contributed by atoms with Gasteiger partial charge in [0.2, 0.25) is 5.91 Å². The average Bonchev–Trinajstić information content (AvgIpc) is 3.11. The van der Waals surface area contributed by atoms with E-state index in [1.165, 1.54) is 19.3 Å². The van der Waals surface area contributed by atoms with Crippen LogP contribution < -0.4 is 5.73 Å². The van der Waals surface area contributed by atoms with E-state index in [1.807, 2.05) is 0 Å². The van der Waals surface area contributed by atoms with Gasteiger partial charge in [-0.1, -0.05) is 26.7 Å². The fraction of sp³-hybridized carbons (Fsp3) is 0.933. The molecule has 0 aromatic carbocycles. The first kappa shape index (κ1) is 13.9. The Morgan fingerprint density at radius 3 is 2.67 bits per heavy atom. The van der Waals surface area contributed by atoms with Crippen LogP contribution in [0.25, 0.3) is 0 Å². The van der Waals surface area contributed by atoms with E-state index in [0.29, 0.717) is 5.92 Å². The van der Waals surface area contributed by atoms with Crippen molar-refractivity contribution >= 4 is 5.91 Å². The van der Waals surface area contributed by atoms with Crippen molar-refractivity contribution in [3.63, 3.8) is 0 Å². The van der Waals surface area contributed by atoms with Crippen LogP contribution in [-0.2, 0) is 4.79 Å². The molecule has 3 nitrogen and oxygen atoms in total. The number of nitrogens with two attached hydrogens (primary N) is 1. The van der Waals surface area contributed by atoms with Crippen LogP contribution in [0.5, 0.6) is 0 Å². The third-order valence-electron chi connectivity index (χ3n) is 4.41. The zero-order valence-electron chi connectivity index (χ0n) is 12.0. The van der Waals surface area contributed by atoms with Gasteiger partial charge in [-0.05, 0) is 43.9 Å². The molecule has 18 heavy (non-hydrogen) atoms. The van der Waals surface area contributed by atoms with Gasteiger partial charge in [0, 0.05) is 13.1 Å². The second-order valence-corrected chi connectivity index (χ2v) is 6.55. The first-order valence-electron chi connectivity index (χ1n) is 7.63. The first-order chi connectivity index (χ1) is 8.55. The van der Waals surface area contributed by atoms with Crippen LogP contribution in [0.3, 0.4) is 0 Å². The SMILES string of the molecule is CCCN(CC1CC1)C(=O)C1(N)CCCC(C)C1. The lowest BCUT2D eigenvalue weighted by molar-refractivity contribution is -0.139. The lowest BCUT2D eigenvalue weighted by Gasteiger charge is -2.39. The molecule has 2 aliphatic rings. The number of nitrogens with zero attached hydrogens (tertiary/aromatic N) is 1. The normalized spacial score (nSPS) is 32.3. The van der Waals surface area contributed by atoms with Gasteiger partial charge in [-0.3, -0.25) is 4.79 Å². The van der Waals surface area contributed by atoms with Crippen molar-refractivity contribution in [3.05, 3.63) is 0 Å². The highest BCUT2D eigenvalue weighted by molar-refractivity contribution is 5.86. The molecule has 0 aromatic rings. The Balaban J connectivity index is 2.00. The summed E-state index contributed by atoms with van der Waals surface area (Å²) in [6, 6.07) is 0. The first-order valence-corrected chi connectivity index (χ1v) is 7.63. The molecule has 0 spiro atoms. The lowest BCUT2D eigenvalue weighted by atomic mass is 9.76. The van der Waals surface area contributed by atoms with Crippen LogP contribution in [-0.4, -0.2) is 29.4 Å². The fourth-order valence-electron chi connectivity index (χ4n) is 3.26. The second-order valence-electron chi connectivity index (χ2n) is 6.55. The smallest absolute Gasteiger partial charge is 0.242 e. The van der Waals surface area contributed by atoms with Gasteiger partial charge >= 0.3 is 0 Å². The Bertz CT molecular complexity index is 301. The minimum absolute atomic E-state index is 0.225. The van der Waals surface area contributed by atoms with Crippen LogP contribution in [0.4, 0.5) is 0 Å². The summed E-state index contributed by atoms with van der Waals surface area (Å²) in [5.74, 6) is 1.57. The average molecular weight is 252 g/mol. The molecular weight excluding hydrogens is 224 g/mol. The standard InChI is InChI=1S/C15H28N2O/c1-3-9-17(11-13-6-7-13)14(18)15(16)8-4-5-12(2)10-15/h12-13H,3-11,16H2,1-2H3. The highest BCUT2D eigenvalue weighted by atomic mass is 16.2. The molecule has 0 bridgehead atoms. The molecule has 1 amide bonds. The fourth-order valence-corrected chi connectivity index (χ4v) is 3.26. The van der Waals surface area contributed by atoms with Crippen molar-refractivity contribution in [2.24, 2.45) is 17.6 Å². The Morgan fingerprint density at radius 2 is 2.11 bits per heavy atom. The van der Waals surface area contributed by atoms with Crippen LogP contribution in [0.15, 0.2) is 0 Å². The molecule has 0 aromatic heterocycles. The molecule has 104 valence electrons. The van der Waals surface area contributed by atoms with Gasteiger partial charge in [-0.15, -0.1) is 0 Å². The van der Waals surface area contributed by atoms with Gasteiger partial charge in [0.05, 0.1) is 5.54 Å². The third kappa shape index (κ3) is 3.25. The molecule has 0 aliphatic heterocycles. The lowest BCUT2D eigenvalue weighted by Crippen LogP contribution is -2.57. The van der Waals surface area contributed by atoms with E-state index in [2.05, 4.69) is 18.7 Å². The third-order valence-corrected chi connectivity index (χ3v) is 4.41. The van der Waals surface area contributed by atoms with Crippen molar-refractivity contribution in [1.29, 1.82) is 0 Å². The summed E-state index contributed by atoms with van der Waals surface area (Å²) in [4.78, 5) is 14.8. The van der Waals surface area contributed by atoms with Gasteiger partial charge in [-0.2, -0.15) is 0 Å². The summed E-state index contributed by atoms with van der Waals surface area (Å²) < 4.78 is 0. The maximum absolute atomic E-state index is 12.7. The van der Waals surface area contributed by atoms with E-state index < -0.39 is 5.54 Å². The van der Waals surface area contributed by atoms with E-state index in [9.17, 15) is 4.79 Å². The second kappa shape index (κ2) is 5.60. The predicted molar refractivity (Wildman–Crippen MR) is 74.1 cm³/mol. The molecular formula is C15H28N2O. The minimum atomic E-state index is -0.568. The highest BCUT2D eigenvalue weighted by Crippen LogP contribution is 2.34. The molecule has 2 aliphatic carbocycles. The van der Waals surface area contributed by atoms with E-state index in [-0.39, 0.29) is 5.91 Å². The van der Waals surface area contributed by atoms with Crippen LogP contribution >= 0.6 is 0 Å². The monoisotopic (exact) mass is 252 g/mol. The Kier molecular flexibility index (Phi) is 4.31. The number of carbonyl (C=O) groups is 1. The molecule has 2 rings (SSSR count). The Labute approximate surface area is 111 Å². The quantitative estimate of drug-likeness (QED) is 0.817. The minimum Gasteiger partial charge on any atom is -0.341 e. The van der Waals surface area contributed by atoms with Crippen molar-refractivity contribution in [2.45, 2.75) is 64.3 Å². The molecule has 3 heteroatoms. The van der Waals surface area contributed by atoms with Gasteiger partial charge in [0.1, 0.15) is 0 Å². The Hall–Kier alpha value is -0.570. The summed E-state index contributed by atoms with van der Waals surface area (Å²) in [7, 11) is 0. The maximum atomic E-state index is 12.7. The van der Waals surface area contributed by atoms with Gasteiger partial charge in [0.25, 0.3) is 0 Å². The predicted octanol–water partition coefficient (Wildman–Crippen LogP) is 2.54. The van der Waals surface area contributed by atoms with Crippen LogP contribution in [0.1, 0.15) is 58.8 Å². The van der Waals surface area contributed by atoms with Gasteiger partial charge < -0.3 is 10.6 Å². The molecule has 2 atom stereocenters. The molecule has 2 fully saturated rings. The summed E-state index contributed by atoms with van der Waals surface area (Å²) >= 11 is 0. The largest absolute Gasteiger partial charge is 0.341 e.